The summed E-state index contributed by atoms with van der Waals surface area (Å²) in [6.07, 6.45) is 0.642. The summed E-state index contributed by atoms with van der Waals surface area (Å²) < 4.78 is 5.06. The lowest BCUT2D eigenvalue weighted by Crippen LogP contribution is -2.33. The molecule has 0 heterocycles. The summed E-state index contributed by atoms with van der Waals surface area (Å²) >= 11 is 0. The van der Waals surface area contributed by atoms with E-state index in [4.69, 9.17) is 4.74 Å². The van der Waals surface area contributed by atoms with Crippen LogP contribution in [0, 0.1) is 5.92 Å². The number of ether oxygens (including phenoxy) is 1. The summed E-state index contributed by atoms with van der Waals surface area (Å²) in [5.41, 5.74) is 0. The van der Waals surface area contributed by atoms with E-state index >= 15 is 0 Å². The summed E-state index contributed by atoms with van der Waals surface area (Å²) in [6.45, 7) is 10.0. The van der Waals surface area contributed by atoms with E-state index in [1.807, 2.05) is 6.92 Å². The molecule has 0 amide bonds. The van der Waals surface area contributed by atoms with Gasteiger partial charge in [-0.3, -0.25) is 0 Å². The highest BCUT2D eigenvalue weighted by Crippen LogP contribution is 2.01. The zero-order valence-corrected chi connectivity index (χ0v) is 9.99. The highest BCUT2D eigenvalue weighted by molar-refractivity contribution is 4.61. The molecule has 0 fully saturated rings. The highest BCUT2D eigenvalue weighted by Gasteiger charge is 2.07. The predicted octanol–water partition coefficient (Wildman–Crippen LogP) is 1.36. The summed E-state index contributed by atoms with van der Waals surface area (Å²) in [4.78, 5) is 2.35. The second kappa shape index (κ2) is 8.21. The van der Waals surface area contributed by atoms with Crippen LogP contribution in [0.15, 0.2) is 0 Å². The van der Waals surface area contributed by atoms with Crippen LogP contribution < -0.4 is 0 Å². The van der Waals surface area contributed by atoms with Gasteiger partial charge in [0.1, 0.15) is 0 Å². The molecule has 0 aliphatic heterocycles. The van der Waals surface area contributed by atoms with Gasteiger partial charge < -0.3 is 14.7 Å². The second-order valence-electron chi connectivity index (χ2n) is 4.32. The molecule has 1 unspecified atom stereocenters. The Morgan fingerprint density at radius 2 is 1.86 bits per heavy atom. The summed E-state index contributed by atoms with van der Waals surface area (Å²) in [7, 11) is 1.72. The Morgan fingerprint density at radius 3 is 2.29 bits per heavy atom. The number of methoxy groups -OCH3 is 1. The Morgan fingerprint density at radius 1 is 1.21 bits per heavy atom. The molecular weight excluding hydrogens is 178 g/mol. The average molecular weight is 203 g/mol. The Labute approximate surface area is 88.1 Å². The SMILES string of the molecule is COCCN(CCC(C)O)CC(C)C. The molecule has 0 aliphatic carbocycles. The first-order valence-corrected chi connectivity index (χ1v) is 5.45. The van der Waals surface area contributed by atoms with Crippen molar-refractivity contribution in [1.82, 2.24) is 4.90 Å². The number of hydrogen-bond acceptors (Lipinski definition) is 3. The van der Waals surface area contributed by atoms with Gasteiger partial charge in [0.25, 0.3) is 0 Å². The van der Waals surface area contributed by atoms with Gasteiger partial charge in [-0.05, 0) is 19.3 Å². The molecule has 0 aliphatic rings. The molecule has 0 saturated carbocycles. The van der Waals surface area contributed by atoms with Crippen LogP contribution in [0.4, 0.5) is 0 Å². The Hall–Kier alpha value is -0.120. The van der Waals surface area contributed by atoms with Crippen molar-refractivity contribution in [2.75, 3.05) is 33.4 Å². The first-order chi connectivity index (χ1) is 6.56. The first kappa shape index (κ1) is 13.9. The van der Waals surface area contributed by atoms with Crippen LogP contribution >= 0.6 is 0 Å². The van der Waals surface area contributed by atoms with Crippen LogP contribution in [-0.4, -0.2) is 49.5 Å². The maximum Gasteiger partial charge on any atom is 0.0589 e. The average Bonchev–Trinajstić information content (AvgIpc) is 2.09. The lowest BCUT2D eigenvalue weighted by molar-refractivity contribution is 0.117. The van der Waals surface area contributed by atoms with Crippen LogP contribution in [0.2, 0.25) is 0 Å². The van der Waals surface area contributed by atoms with E-state index in [9.17, 15) is 5.11 Å². The van der Waals surface area contributed by atoms with Crippen LogP contribution in [0.1, 0.15) is 27.2 Å². The maximum atomic E-state index is 9.20. The van der Waals surface area contributed by atoms with Gasteiger partial charge in [-0.15, -0.1) is 0 Å². The number of hydrogen-bond donors (Lipinski definition) is 1. The minimum Gasteiger partial charge on any atom is -0.393 e. The van der Waals surface area contributed by atoms with Gasteiger partial charge >= 0.3 is 0 Å². The Kier molecular flexibility index (Phi) is 8.14. The monoisotopic (exact) mass is 203 g/mol. The molecule has 0 spiro atoms. The maximum absolute atomic E-state index is 9.20. The molecule has 3 nitrogen and oxygen atoms in total. The number of nitrogens with zero attached hydrogens (tertiary/aromatic N) is 1. The molecule has 86 valence electrons. The van der Waals surface area contributed by atoms with Gasteiger partial charge in [-0.1, -0.05) is 13.8 Å². The molecule has 0 aromatic rings. The lowest BCUT2D eigenvalue weighted by Gasteiger charge is -2.24. The van der Waals surface area contributed by atoms with Crippen molar-refractivity contribution in [2.24, 2.45) is 5.92 Å². The van der Waals surface area contributed by atoms with E-state index in [1.54, 1.807) is 7.11 Å². The molecule has 0 bridgehead atoms. The number of aliphatic hydroxyl groups is 1. The van der Waals surface area contributed by atoms with Gasteiger partial charge in [0.15, 0.2) is 0 Å². The zero-order valence-electron chi connectivity index (χ0n) is 9.99. The molecule has 1 N–H and O–H groups in total. The van der Waals surface area contributed by atoms with Crippen LogP contribution in [0.5, 0.6) is 0 Å². The molecule has 0 saturated heterocycles. The molecular formula is C11H25NO2. The minimum atomic E-state index is -0.202. The third-order valence-electron chi connectivity index (χ3n) is 2.10. The molecule has 0 aromatic carbocycles. The topological polar surface area (TPSA) is 32.7 Å². The fourth-order valence-corrected chi connectivity index (χ4v) is 1.40. The van der Waals surface area contributed by atoms with Gasteiger partial charge in [0, 0.05) is 26.7 Å². The molecule has 14 heavy (non-hydrogen) atoms. The third kappa shape index (κ3) is 8.48. The van der Waals surface area contributed by atoms with Crippen molar-refractivity contribution < 1.29 is 9.84 Å². The van der Waals surface area contributed by atoms with E-state index < -0.39 is 0 Å². The van der Waals surface area contributed by atoms with Crippen LogP contribution in [0.25, 0.3) is 0 Å². The Balaban J connectivity index is 3.72. The molecule has 1 atom stereocenters. The van der Waals surface area contributed by atoms with Crippen molar-refractivity contribution >= 4 is 0 Å². The first-order valence-electron chi connectivity index (χ1n) is 5.45. The van der Waals surface area contributed by atoms with Crippen molar-refractivity contribution in [1.29, 1.82) is 0 Å². The standard InChI is InChI=1S/C11H25NO2/c1-10(2)9-12(7-8-14-4)6-5-11(3)13/h10-11,13H,5-9H2,1-4H3. The van der Waals surface area contributed by atoms with E-state index in [1.165, 1.54) is 0 Å². The van der Waals surface area contributed by atoms with Gasteiger partial charge in [0.2, 0.25) is 0 Å². The summed E-state index contributed by atoms with van der Waals surface area (Å²) in [6, 6.07) is 0. The van der Waals surface area contributed by atoms with Gasteiger partial charge in [-0.2, -0.15) is 0 Å². The number of rotatable bonds is 8. The normalized spacial score (nSPS) is 13.9. The third-order valence-corrected chi connectivity index (χ3v) is 2.10. The zero-order chi connectivity index (χ0) is 11.0. The fourth-order valence-electron chi connectivity index (χ4n) is 1.40. The van der Waals surface area contributed by atoms with E-state index in [2.05, 4.69) is 18.7 Å². The highest BCUT2D eigenvalue weighted by atomic mass is 16.5. The number of aliphatic hydroxyl groups excluding tert-OH is 1. The summed E-state index contributed by atoms with van der Waals surface area (Å²) in [5.74, 6) is 0.667. The van der Waals surface area contributed by atoms with Gasteiger partial charge in [0.05, 0.1) is 12.7 Å². The minimum absolute atomic E-state index is 0.202. The predicted molar refractivity (Wildman–Crippen MR) is 59.5 cm³/mol. The van der Waals surface area contributed by atoms with Crippen LogP contribution in [-0.2, 0) is 4.74 Å². The van der Waals surface area contributed by atoms with Crippen LogP contribution in [0.3, 0.4) is 0 Å². The largest absolute Gasteiger partial charge is 0.393 e. The fraction of sp³-hybridized carbons (Fsp3) is 1.00. The quantitative estimate of drug-likeness (QED) is 0.646. The van der Waals surface area contributed by atoms with Gasteiger partial charge in [-0.25, -0.2) is 0 Å². The second-order valence-corrected chi connectivity index (χ2v) is 4.32. The van der Waals surface area contributed by atoms with E-state index in [0.717, 1.165) is 32.7 Å². The van der Waals surface area contributed by atoms with Crippen molar-refractivity contribution in [2.45, 2.75) is 33.3 Å². The molecule has 0 aromatic heterocycles. The van der Waals surface area contributed by atoms with Crippen molar-refractivity contribution in [3.8, 4) is 0 Å². The van der Waals surface area contributed by atoms with E-state index in [0.29, 0.717) is 5.92 Å². The molecule has 3 heteroatoms. The van der Waals surface area contributed by atoms with Crippen molar-refractivity contribution in [3.05, 3.63) is 0 Å². The summed E-state index contributed by atoms with van der Waals surface area (Å²) in [5, 5.41) is 9.20. The molecule has 0 radical (unpaired) electrons. The van der Waals surface area contributed by atoms with E-state index in [-0.39, 0.29) is 6.10 Å². The Bertz CT molecular complexity index is 126. The lowest BCUT2D eigenvalue weighted by atomic mass is 10.2. The van der Waals surface area contributed by atoms with Crippen molar-refractivity contribution in [3.63, 3.8) is 0 Å². The molecule has 0 rings (SSSR count). The smallest absolute Gasteiger partial charge is 0.0589 e.